The van der Waals surface area contributed by atoms with E-state index in [1.54, 1.807) is 24.3 Å². The fourth-order valence-corrected chi connectivity index (χ4v) is 2.68. The fourth-order valence-electron chi connectivity index (χ4n) is 2.68. The highest BCUT2D eigenvalue weighted by Gasteiger charge is 2.08. The Morgan fingerprint density at radius 3 is 2.77 bits per heavy atom. The van der Waals surface area contributed by atoms with Crippen molar-refractivity contribution in [3.63, 3.8) is 0 Å². The smallest absolute Gasteiger partial charge is 0.149 e. The topological polar surface area (TPSA) is 67.4 Å². The van der Waals surface area contributed by atoms with Crippen LogP contribution in [0.1, 0.15) is 11.3 Å². The highest BCUT2D eigenvalue weighted by atomic mass is 19.1. The SMILES string of the molecule is N#C/C(=C/c1ccc(-n2cncn2)c(F)c1)c1ccc2ccccc2n1. The summed E-state index contributed by atoms with van der Waals surface area (Å²) in [5, 5.41) is 14.4. The minimum atomic E-state index is -0.451. The Bertz CT molecular complexity index is 1160. The molecule has 5 nitrogen and oxygen atoms in total. The first-order chi connectivity index (χ1) is 12.7. The number of fused-ring (bicyclic) bond motifs is 1. The molecule has 2 heterocycles. The largest absolute Gasteiger partial charge is 0.247 e. The zero-order chi connectivity index (χ0) is 17.9. The van der Waals surface area contributed by atoms with Gasteiger partial charge in [0.1, 0.15) is 30.2 Å². The molecule has 0 unspecified atom stereocenters. The Morgan fingerprint density at radius 1 is 1.12 bits per heavy atom. The average molecular weight is 341 g/mol. The number of nitrogens with zero attached hydrogens (tertiary/aromatic N) is 5. The van der Waals surface area contributed by atoms with E-state index in [-0.39, 0.29) is 0 Å². The molecule has 4 aromatic rings. The molecule has 0 spiro atoms. The number of nitriles is 1. The van der Waals surface area contributed by atoms with Crippen molar-refractivity contribution in [3.05, 3.63) is 84.3 Å². The third kappa shape index (κ3) is 2.94. The molecule has 0 fully saturated rings. The highest BCUT2D eigenvalue weighted by molar-refractivity contribution is 5.90. The quantitative estimate of drug-likeness (QED) is 0.528. The molecular weight excluding hydrogens is 329 g/mol. The second-order valence-electron chi connectivity index (χ2n) is 5.61. The van der Waals surface area contributed by atoms with Gasteiger partial charge in [-0.3, -0.25) is 0 Å². The number of pyridine rings is 1. The average Bonchev–Trinajstić information content (AvgIpc) is 3.20. The molecule has 124 valence electrons. The summed E-state index contributed by atoms with van der Waals surface area (Å²) >= 11 is 0. The summed E-state index contributed by atoms with van der Waals surface area (Å²) < 4.78 is 15.7. The molecule has 2 aromatic carbocycles. The van der Waals surface area contributed by atoms with E-state index < -0.39 is 5.82 Å². The van der Waals surface area contributed by atoms with E-state index in [0.29, 0.717) is 22.5 Å². The van der Waals surface area contributed by atoms with E-state index in [9.17, 15) is 9.65 Å². The summed E-state index contributed by atoms with van der Waals surface area (Å²) in [6, 6.07) is 18.2. The van der Waals surface area contributed by atoms with E-state index in [0.717, 1.165) is 10.9 Å². The van der Waals surface area contributed by atoms with Gasteiger partial charge in [0, 0.05) is 5.39 Å². The van der Waals surface area contributed by atoms with Crippen LogP contribution in [0.15, 0.2) is 67.3 Å². The summed E-state index contributed by atoms with van der Waals surface area (Å²) in [6.45, 7) is 0. The first-order valence-corrected chi connectivity index (χ1v) is 7.87. The molecule has 0 bridgehead atoms. The maximum atomic E-state index is 14.4. The van der Waals surface area contributed by atoms with E-state index in [2.05, 4.69) is 21.1 Å². The molecule has 2 aromatic heterocycles. The molecule has 0 amide bonds. The Labute approximate surface area is 148 Å². The van der Waals surface area contributed by atoms with Gasteiger partial charge in [0.15, 0.2) is 0 Å². The van der Waals surface area contributed by atoms with Crippen LogP contribution in [0, 0.1) is 17.1 Å². The number of allylic oxidation sites excluding steroid dienone is 1. The predicted molar refractivity (Wildman–Crippen MR) is 96.5 cm³/mol. The molecule has 0 aliphatic carbocycles. The van der Waals surface area contributed by atoms with E-state index in [1.807, 2.05) is 30.3 Å². The van der Waals surface area contributed by atoms with Gasteiger partial charge in [-0.1, -0.05) is 30.3 Å². The lowest BCUT2D eigenvalue weighted by Gasteiger charge is -2.05. The van der Waals surface area contributed by atoms with Gasteiger partial charge in [-0.2, -0.15) is 10.4 Å². The van der Waals surface area contributed by atoms with Crippen molar-refractivity contribution >= 4 is 22.6 Å². The summed E-state index contributed by atoms with van der Waals surface area (Å²) in [4.78, 5) is 8.33. The molecule has 0 saturated carbocycles. The zero-order valence-electron chi connectivity index (χ0n) is 13.5. The van der Waals surface area contributed by atoms with Gasteiger partial charge in [-0.25, -0.2) is 19.0 Å². The van der Waals surface area contributed by atoms with Crippen molar-refractivity contribution in [2.45, 2.75) is 0 Å². The van der Waals surface area contributed by atoms with Crippen LogP contribution in [0.2, 0.25) is 0 Å². The van der Waals surface area contributed by atoms with Crippen molar-refractivity contribution in [2.24, 2.45) is 0 Å². The Hall–Kier alpha value is -3.85. The number of benzene rings is 2. The molecule has 0 atom stereocenters. The molecular formula is C20H12FN5. The van der Waals surface area contributed by atoms with Crippen LogP contribution in [0.5, 0.6) is 0 Å². The van der Waals surface area contributed by atoms with Crippen LogP contribution < -0.4 is 0 Å². The van der Waals surface area contributed by atoms with Gasteiger partial charge in [0.05, 0.1) is 16.8 Å². The first-order valence-electron chi connectivity index (χ1n) is 7.87. The second-order valence-corrected chi connectivity index (χ2v) is 5.61. The van der Waals surface area contributed by atoms with Crippen LogP contribution in [0.3, 0.4) is 0 Å². The van der Waals surface area contributed by atoms with Crippen LogP contribution in [-0.4, -0.2) is 19.7 Å². The Kier molecular flexibility index (Phi) is 3.96. The van der Waals surface area contributed by atoms with E-state index >= 15 is 0 Å². The van der Waals surface area contributed by atoms with Crippen LogP contribution in [0.4, 0.5) is 4.39 Å². The molecule has 0 radical (unpaired) electrons. The van der Waals surface area contributed by atoms with Gasteiger partial charge in [-0.05, 0) is 35.9 Å². The molecule has 0 aliphatic heterocycles. The van der Waals surface area contributed by atoms with Gasteiger partial charge < -0.3 is 0 Å². The van der Waals surface area contributed by atoms with Gasteiger partial charge in [-0.15, -0.1) is 0 Å². The molecule has 6 heteroatoms. The number of halogens is 1. The summed E-state index contributed by atoms with van der Waals surface area (Å²) in [5.74, 6) is -0.451. The van der Waals surface area contributed by atoms with Crippen molar-refractivity contribution in [2.75, 3.05) is 0 Å². The molecule has 26 heavy (non-hydrogen) atoms. The maximum Gasteiger partial charge on any atom is 0.149 e. The lowest BCUT2D eigenvalue weighted by atomic mass is 10.1. The number of para-hydroxylation sites is 1. The van der Waals surface area contributed by atoms with Gasteiger partial charge in [0.2, 0.25) is 0 Å². The highest BCUT2D eigenvalue weighted by Crippen LogP contribution is 2.21. The van der Waals surface area contributed by atoms with Gasteiger partial charge in [0.25, 0.3) is 0 Å². The van der Waals surface area contributed by atoms with E-state index in [4.69, 9.17) is 0 Å². The third-order valence-corrected chi connectivity index (χ3v) is 3.94. The van der Waals surface area contributed by atoms with Crippen LogP contribution >= 0.6 is 0 Å². The van der Waals surface area contributed by atoms with E-state index in [1.165, 1.54) is 23.4 Å². The van der Waals surface area contributed by atoms with Crippen molar-refractivity contribution in [3.8, 4) is 11.8 Å². The normalized spacial score (nSPS) is 11.5. The lowest BCUT2D eigenvalue weighted by Crippen LogP contribution is -1.98. The summed E-state index contributed by atoms with van der Waals surface area (Å²) in [5.41, 5.74) is 2.58. The first kappa shape index (κ1) is 15.7. The van der Waals surface area contributed by atoms with Crippen molar-refractivity contribution in [1.29, 1.82) is 5.26 Å². The molecule has 0 aliphatic rings. The van der Waals surface area contributed by atoms with Crippen LogP contribution in [0.25, 0.3) is 28.2 Å². The number of hydrogen-bond acceptors (Lipinski definition) is 4. The number of hydrogen-bond donors (Lipinski definition) is 0. The monoisotopic (exact) mass is 341 g/mol. The zero-order valence-corrected chi connectivity index (χ0v) is 13.5. The predicted octanol–water partition coefficient (Wildman–Crippen LogP) is 4.02. The second kappa shape index (κ2) is 6.57. The van der Waals surface area contributed by atoms with Gasteiger partial charge >= 0.3 is 0 Å². The lowest BCUT2D eigenvalue weighted by molar-refractivity contribution is 0.610. The molecule has 0 saturated heterocycles. The van der Waals surface area contributed by atoms with Crippen LogP contribution in [-0.2, 0) is 0 Å². The third-order valence-electron chi connectivity index (χ3n) is 3.94. The van der Waals surface area contributed by atoms with Crippen molar-refractivity contribution in [1.82, 2.24) is 19.7 Å². The Balaban J connectivity index is 1.73. The summed E-state index contributed by atoms with van der Waals surface area (Å²) in [6.07, 6.45) is 4.38. The number of rotatable bonds is 3. The van der Waals surface area contributed by atoms with Crippen molar-refractivity contribution < 1.29 is 4.39 Å². The number of aromatic nitrogens is 4. The summed E-state index contributed by atoms with van der Waals surface area (Å²) in [7, 11) is 0. The Morgan fingerprint density at radius 2 is 2.00 bits per heavy atom. The maximum absolute atomic E-state index is 14.4. The molecule has 4 rings (SSSR count). The standard InChI is InChI=1S/C20H12FN5/c21-17-10-14(5-8-20(17)26-13-23-12-24-26)9-16(11-22)19-7-6-15-3-1-2-4-18(15)25-19/h1-10,12-13H/b16-9-. The fraction of sp³-hybridized carbons (Fsp3) is 0. The minimum Gasteiger partial charge on any atom is -0.247 e. The minimum absolute atomic E-state index is 0.294. The molecule has 0 N–H and O–H groups in total.